The Hall–Kier alpha value is -2.52. The lowest BCUT2D eigenvalue weighted by atomic mass is 9.92. The van der Waals surface area contributed by atoms with E-state index in [2.05, 4.69) is 25.2 Å². The molecule has 2 atom stereocenters. The lowest BCUT2D eigenvalue weighted by Gasteiger charge is -2.30. The third kappa shape index (κ3) is 10.0. The van der Waals surface area contributed by atoms with Gasteiger partial charge in [0, 0.05) is 50.6 Å². The first kappa shape index (κ1) is 29.0. The van der Waals surface area contributed by atoms with Crippen LogP contribution >= 0.6 is 8.58 Å². The summed E-state index contributed by atoms with van der Waals surface area (Å²) in [5, 5.41) is 2.74. The molecule has 0 bridgehead atoms. The molecule has 3 fully saturated rings. The molecule has 1 aromatic heterocycles. The van der Waals surface area contributed by atoms with Gasteiger partial charge in [-0.3, -0.25) is 4.79 Å². The predicted octanol–water partition coefficient (Wildman–Crippen LogP) is 2.51. The van der Waals surface area contributed by atoms with Crippen molar-refractivity contribution >= 4 is 32.2 Å². The molecule has 3 aliphatic heterocycles. The van der Waals surface area contributed by atoms with E-state index in [9.17, 15) is 9.59 Å². The average molecular weight is 535 g/mol. The maximum Gasteiger partial charge on any atom is 0.345 e. The van der Waals surface area contributed by atoms with Gasteiger partial charge in [-0.1, -0.05) is 22.4 Å². The number of nitrogens with zero attached hydrogens (tertiary/aromatic N) is 5. The second kappa shape index (κ2) is 15.0. The highest BCUT2D eigenvalue weighted by Gasteiger charge is 2.23. The molecule has 0 aliphatic carbocycles. The molecule has 1 aromatic rings. The Balaban J connectivity index is 0.000000468. The Morgan fingerprint density at radius 1 is 1.27 bits per heavy atom. The zero-order valence-corrected chi connectivity index (χ0v) is 23.2. The summed E-state index contributed by atoms with van der Waals surface area (Å²) in [5.41, 5.74) is 11.8. The van der Waals surface area contributed by atoms with Crippen LogP contribution in [-0.2, 0) is 4.79 Å². The number of ether oxygens (including phenoxy) is 1. The number of carbonyl (C=O) groups is 2. The van der Waals surface area contributed by atoms with Gasteiger partial charge in [0.2, 0.25) is 11.8 Å². The number of nitrogens with one attached hydrogen (secondary N) is 1. The Labute approximate surface area is 222 Å². The molecule has 4 heterocycles. The molecule has 0 radical (unpaired) electrons. The van der Waals surface area contributed by atoms with E-state index < -0.39 is 0 Å². The van der Waals surface area contributed by atoms with Crippen molar-refractivity contribution in [1.29, 1.82) is 0 Å². The minimum absolute atomic E-state index is 0.0891. The second-order valence-corrected chi connectivity index (χ2v) is 11.6. The van der Waals surface area contributed by atoms with E-state index >= 15 is 0 Å². The molecule has 2 unspecified atom stereocenters. The van der Waals surface area contributed by atoms with Crippen molar-refractivity contribution in [3.05, 3.63) is 12.4 Å². The number of aliphatic imine (C=N–C) groups is 1. The van der Waals surface area contributed by atoms with E-state index in [0.717, 1.165) is 91.8 Å². The van der Waals surface area contributed by atoms with Crippen molar-refractivity contribution < 1.29 is 14.3 Å². The minimum Gasteiger partial charge on any atom is -0.477 e. The Bertz CT molecular complexity index is 882. The fourth-order valence-corrected chi connectivity index (χ4v) is 5.41. The SMILES string of the molecule is CC(C)/C(N)=N/C(=O)N1CCC(CCCOc2cnc(N3CPC(N)C3)cn2)CC1.O=C1CCCCN1. The van der Waals surface area contributed by atoms with Crippen molar-refractivity contribution in [2.24, 2.45) is 28.3 Å². The molecule has 3 amide bonds. The fraction of sp³-hybridized carbons (Fsp3) is 0.720. The average Bonchev–Trinajstić information content (AvgIpc) is 3.34. The van der Waals surface area contributed by atoms with Crippen LogP contribution in [-0.4, -0.2) is 77.5 Å². The number of piperidine rings is 2. The highest BCUT2D eigenvalue weighted by Crippen LogP contribution is 2.29. The van der Waals surface area contributed by atoms with Gasteiger partial charge in [0.25, 0.3) is 0 Å². The number of rotatable bonds is 7. The number of carbonyl (C=O) groups excluding carboxylic acids is 2. The molecule has 0 aromatic carbocycles. The van der Waals surface area contributed by atoms with Gasteiger partial charge in [0.15, 0.2) is 0 Å². The van der Waals surface area contributed by atoms with E-state index in [1.807, 2.05) is 13.8 Å². The zero-order chi connectivity index (χ0) is 26.6. The van der Waals surface area contributed by atoms with Gasteiger partial charge in [-0.05, 0) is 44.4 Å². The summed E-state index contributed by atoms with van der Waals surface area (Å²) in [6.07, 6.45) is 11.4. The first-order valence-electron chi connectivity index (χ1n) is 13.4. The van der Waals surface area contributed by atoms with Gasteiger partial charge in [-0.2, -0.15) is 4.99 Å². The van der Waals surface area contributed by atoms with E-state index in [1.54, 1.807) is 17.3 Å². The van der Waals surface area contributed by atoms with Crippen molar-refractivity contribution in [1.82, 2.24) is 20.2 Å². The summed E-state index contributed by atoms with van der Waals surface area (Å²) in [7, 11) is 0.753. The number of anilines is 1. The van der Waals surface area contributed by atoms with Crippen LogP contribution in [0.3, 0.4) is 0 Å². The van der Waals surface area contributed by atoms with Gasteiger partial charge < -0.3 is 31.3 Å². The van der Waals surface area contributed by atoms with Crippen LogP contribution in [0.5, 0.6) is 5.88 Å². The molecule has 3 aliphatic rings. The summed E-state index contributed by atoms with van der Waals surface area (Å²) in [6, 6.07) is -0.207. The minimum atomic E-state index is -0.207. The van der Waals surface area contributed by atoms with Gasteiger partial charge in [0.1, 0.15) is 11.7 Å². The van der Waals surface area contributed by atoms with Crippen molar-refractivity contribution in [3.63, 3.8) is 0 Å². The maximum atomic E-state index is 12.2. The number of hydrogen-bond acceptors (Lipinski definition) is 7. The Morgan fingerprint density at radius 3 is 2.59 bits per heavy atom. The van der Waals surface area contributed by atoms with Gasteiger partial charge in [-0.15, -0.1) is 0 Å². The second-order valence-electron chi connectivity index (χ2n) is 10.1. The molecule has 12 heteroatoms. The Kier molecular flexibility index (Phi) is 11.8. The molecular weight excluding hydrogens is 491 g/mol. The number of urea groups is 1. The van der Waals surface area contributed by atoms with Crippen LogP contribution < -0.4 is 26.4 Å². The molecule has 0 saturated carbocycles. The number of amidine groups is 1. The van der Waals surface area contributed by atoms with Gasteiger partial charge in [-0.25, -0.2) is 14.8 Å². The molecule has 5 N–H and O–H groups in total. The first-order valence-corrected chi connectivity index (χ1v) is 14.7. The Morgan fingerprint density at radius 2 is 2.05 bits per heavy atom. The largest absolute Gasteiger partial charge is 0.477 e. The van der Waals surface area contributed by atoms with Crippen LogP contribution in [0, 0.1) is 11.8 Å². The monoisotopic (exact) mass is 534 g/mol. The summed E-state index contributed by atoms with van der Waals surface area (Å²) < 4.78 is 5.75. The van der Waals surface area contributed by atoms with Gasteiger partial charge in [0.05, 0.1) is 19.0 Å². The van der Waals surface area contributed by atoms with Crippen molar-refractivity contribution in [2.75, 3.05) is 44.0 Å². The predicted molar refractivity (Wildman–Crippen MR) is 148 cm³/mol. The first-order chi connectivity index (χ1) is 17.8. The van der Waals surface area contributed by atoms with Crippen molar-refractivity contribution in [3.8, 4) is 5.88 Å². The molecule has 4 rings (SSSR count). The number of hydrogen-bond donors (Lipinski definition) is 3. The van der Waals surface area contributed by atoms with Crippen LogP contribution in [0.1, 0.15) is 58.8 Å². The third-order valence-electron chi connectivity index (χ3n) is 6.76. The summed E-state index contributed by atoms with van der Waals surface area (Å²) in [5.74, 6) is 2.99. The smallest absolute Gasteiger partial charge is 0.345 e. The van der Waals surface area contributed by atoms with E-state index in [-0.39, 0.29) is 23.6 Å². The highest BCUT2D eigenvalue weighted by atomic mass is 31.1. The fourth-order valence-electron chi connectivity index (χ4n) is 4.31. The summed E-state index contributed by atoms with van der Waals surface area (Å²) in [6.45, 7) is 7.71. The van der Waals surface area contributed by atoms with Crippen LogP contribution in [0.2, 0.25) is 0 Å². The zero-order valence-electron chi connectivity index (χ0n) is 22.2. The lowest BCUT2D eigenvalue weighted by Crippen LogP contribution is -2.38. The lowest BCUT2D eigenvalue weighted by molar-refractivity contribution is -0.122. The summed E-state index contributed by atoms with van der Waals surface area (Å²) in [4.78, 5) is 39.3. The molecule has 37 heavy (non-hydrogen) atoms. The number of nitrogens with two attached hydrogens (primary N) is 2. The maximum absolute atomic E-state index is 12.2. The normalized spacial score (nSPS) is 21.6. The molecule has 0 spiro atoms. The van der Waals surface area contributed by atoms with Crippen LogP contribution in [0.4, 0.5) is 10.6 Å². The van der Waals surface area contributed by atoms with Gasteiger partial charge >= 0.3 is 6.03 Å². The third-order valence-corrected chi connectivity index (χ3v) is 8.03. The number of likely N-dealkylation sites (tertiary alicyclic amines) is 1. The molecule has 11 nitrogen and oxygen atoms in total. The van der Waals surface area contributed by atoms with Crippen LogP contribution in [0.25, 0.3) is 0 Å². The topological polar surface area (TPSA) is 152 Å². The number of amides is 3. The molecule has 206 valence electrons. The number of aromatic nitrogens is 2. The van der Waals surface area contributed by atoms with E-state index in [4.69, 9.17) is 16.2 Å². The summed E-state index contributed by atoms with van der Waals surface area (Å²) >= 11 is 0. The van der Waals surface area contributed by atoms with Crippen LogP contribution in [0.15, 0.2) is 17.4 Å². The van der Waals surface area contributed by atoms with Crippen molar-refractivity contribution in [2.45, 2.75) is 64.6 Å². The quantitative estimate of drug-likeness (QED) is 0.209. The van der Waals surface area contributed by atoms with E-state index in [0.29, 0.717) is 24.2 Å². The highest BCUT2D eigenvalue weighted by molar-refractivity contribution is 7.39. The van der Waals surface area contributed by atoms with E-state index in [1.165, 1.54) is 0 Å². The standard InChI is InChI=1S/C20H34N7O2P.C5H9NO/c1-14(2)19(22)25-20(28)26-7-5-15(6-8-26)4-3-9-29-18-11-23-17(10-24-18)27-12-16(21)30-13-27;7-5-3-1-2-4-6-5/h10-11,14-16,30H,3-9,12-13,21H2,1-2H3,(H2,22,25,28);1-4H2,(H,6,7). The molecule has 3 saturated heterocycles. The molecular formula is C25H43N8O3P.